The number of carboxylic acid groups (broad SMARTS) is 1. The van der Waals surface area contributed by atoms with E-state index in [1.807, 2.05) is 31.2 Å². The monoisotopic (exact) mass is 317 g/mol. The molecular weight excluding hydrogens is 298 g/mol. The van der Waals surface area contributed by atoms with E-state index < -0.39 is 5.97 Å². The van der Waals surface area contributed by atoms with Crippen molar-refractivity contribution in [3.05, 3.63) is 40.8 Å². The predicted molar refractivity (Wildman–Crippen MR) is 89.6 cm³/mol. The zero-order valence-electron chi connectivity index (χ0n) is 12.7. The Kier molecular flexibility index (Phi) is 5.33. The molecule has 0 aliphatic rings. The first kappa shape index (κ1) is 16.2. The standard InChI is InChI=1S/C17H19NO3S/c1-3-5-14(19)18-16-15(17(20)21)13(10-22-16)12-8-6-11(4-2)7-9-12/h6-10H,3-5H2,1-2H3,(H,18,19)(H,20,21). The highest BCUT2D eigenvalue weighted by Crippen LogP contribution is 2.35. The fourth-order valence-electron chi connectivity index (χ4n) is 2.21. The second-order valence-electron chi connectivity index (χ2n) is 5.01. The van der Waals surface area contributed by atoms with Crippen molar-refractivity contribution in [3.63, 3.8) is 0 Å². The fraction of sp³-hybridized carbons (Fsp3) is 0.294. The van der Waals surface area contributed by atoms with Crippen LogP contribution < -0.4 is 5.32 Å². The molecule has 0 saturated heterocycles. The third-order valence-corrected chi connectivity index (χ3v) is 4.30. The van der Waals surface area contributed by atoms with Gasteiger partial charge in [0, 0.05) is 17.4 Å². The second-order valence-corrected chi connectivity index (χ2v) is 5.89. The molecule has 0 aliphatic carbocycles. The third kappa shape index (κ3) is 3.54. The number of carbonyl (C=O) groups is 2. The summed E-state index contributed by atoms with van der Waals surface area (Å²) in [5, 5.41) is 14.4. The number of hydrogen-bond donors (Lipinski definition) is 2. The number of amides is 1. The Morgan fingerprint density at radius 3 is 2.41 bits per heavy atom. The maximum absolute atomic E-state index is 11.7. The van der Waals surface area contributed by atoms with Gasteiger partial charge in [-0.05, 0) is 24.0 Å². The molecule has 0 radical (unpaired) electrons. The van der Waals surface area contributed by atoms with E-state index in [1.54, 1.807) is 5.38 Å². The van der Waals surface area contributed by atoms with E-state index in [0.29, 0.717) is 17.0 Å². The van der Waals surface area contributed by atoms with E-state index in [4.69, 9.17) is 0 Å². The van der Waals surface area contributed by atoms with E-state index in [9.17, 15) is 14.7 Å². The van der Waals surface area contributed by atoms with Gasteiger partial charge in [0.2, 0.25) is 5.91 Å². The number of rotatable bonds is 6. The number of carbonyl (C=O) groups excluding carboxylic acids is 1. The molecule has 0 saturated carbocycles. The first-order valence-electron chi connectivity index (χ1n) is 7.30. The van der Waals surface area contributed by atoms with Crippen molar-refractivity contribution in [1.82, 2.24) is 0 Å². The van der Waals surface area contributed by atoms with Crippen LogP contribution in [-0.2, 0) is 11.2 Å². The van der Waals surface area contributed by atoms with Crippen LogP contribution in [0.4, 0.5) is 5.00 Å². The van der Waals surface area contributed by atoms with Gasteiger partial charge in [0.05, 0.1) is 0 Å². The Labute approximate surface area is 133 Å². The van der Waals surface area contributed by atoms with Crippen LogP contribution in [0.5, 0.6) is 0 Å². The summed E-state index contributed by atoms with van der Waals surface area (Å²) in [5.41, 5.74) is 2.86. The Bertz CT molecular complexity index is 674. The van der Waals surface area contributed by atoms with Crippen LogP contribution in [0.3, 0.4) is 0 Å². The Morgan fingerprint density at radius 1 is 1.18 bits per heavy atom. The summed E-state index contributed by atoms with van der Waals surface area (Å²) in [6.07, 6.45) is 2.05. The molecule has 0 spiro atoms. The summed E-state index contributed by atoms with van der Waals surface area (Å²) in [4.78, 5) is 23.3. The molecule has 0 unspecified atom stereocenters. The van der Waals surface area contributed by atoms with Crippen LogP contribution in [0, 0.1) is 0 Å². The lowest BCUT2D eigenvalue weighted by Crippen LogP contribution is -2.12. The van der Waals surface area contributed by atoms with Crippen molar-refractivity contribution in [2.24, 2.45) is 0 Å². The molecule has 0 bridgehead atoms. The van der Waals surface area contributed by atoms with E-state index in [0.717, 1.165) is 18.4 Å². The van der Waals surface area contributed by atoms with Gasteiger partial charge in [-0.15, -0.1) is 11.3 Å². The van der Waals surface area contributed by atoms with Crippen LogP contribution in [0.15, 0.2) is 29.6 Å². The average Bonchev–Trinajstić information content (AvgIpc) is 2.91. The number of benzene rings is 1. The van der Waals surface area contributed by atoms with Gasteiger partial charge in [-0.25, -0.2) is 4.79 Å². The number of aryl methyl sites for hydroxylation is 1. The van der Waals surface area contributed by atoms with Crippen LogP contribution in [0.2, 0.25) is 0 Å². The highest BCUT2D eigenvalue weighted by atomic mass is 32.1. The van der Waals surface area contributed by atoms with Crippen molar-refractivity contribution >= 4 is 28.2 Å². The van der Waals surface area contributed by atoms with Gasteiger partial charge in [-0.1, -0.05) is 38.1 Å². The molecule has 0 aliphatic heterocycles. The molecule has 22 heavy (non-hydrogen) atoms. The minimum atomic E-state index is -1.03. The molecule has 2 rings (SSSR count). The van der Waals surface area contributed by atoms with Crippen molar-refractivity contribution in [2.45, 2.75) is 33.1 Å². The van der Waals surface area contributed by atoms with Crippen LogP contribution in [0.1, 0.15) is 42.6 Å². The SMILES string of the molecule is CCCC(=O)Nc1scc(-c2ccc(CC)cc2)c1C(=O)O. The minimum absolute atomic E-state index is 0.153. The maximum Gasteiger partial charge on any atom is 0.339 e. The summed E-state index contributed by atoms with van der Waals surface area (Å²) < 4.78 is 0. The summed E-state index contributed by atoms with van der Waals surface area (Å²) >= 11 is 1.25. The molecule has 5 heteroatoms. The van der Waals surface area contributed by atoms with Gasteiger partial charge in [-0.2, -0.15) is 0 Å². The van der Waals surface area contributed by atoms with Gasteiger partial charge in [0.25, 0.3) is 0 Å². The first-order valence-corrected chi connectivity index (χ1v) is 8.18. The lowest BCUT2D eigenvalue weighted by Gasteiger charge is -2.06. The molecule has 0 fully saturated rings. The number of nitrogens with one attached hydrogen (secondary N) is 1. The van der Waals surface area contributed by atoms with Gasteiger partial charge >= 0.3 is 5.97 Å². The quantitative estimate of drug-likeness (QED) is 0.829. The summed E-state index contributed by atoms with van der Waals surface area (Å²) in [7, 11) is 0. The largest absolute Gasteiger partial charge is 0.478 e. The Morgan fingerprint density at radius 2 is 1.86 bits per heavy atom. The average molecular weight is 317 g/mol. The summed E-state index contributed by atoms with van der Waals surface area (Å²) in [6, 6.07) is 7.83. The predicted octanol–water partition coefficient (Wildman–Crippen LogP) is 4.41. The van der Waals surface area contributed by atoms with Crippen molar-refractivity contribution in [2.75, 3.05) is 5.32 Å². The minimum Gasteiger partial charge on any atom is -0.478 e. The number of hydrogen-bond acceptors (Lipinski definition) is 3. The first-order chi connectivity index (χ1) is 10.6. The van der Waals surface area contributed by atoms with E-state index in [1.165, 1.54) is 16.9 Å². The van der Waals surface area contributed by atoms with Crippen LogP contribution in [-0.4, -0.2) is 17.0 Å². The van der Waals surface area contributed by atoms with Gasteiger partial charge in [-0.3, -0.25) is 4.79 Å². The molecule has 2 N–H and O–H groups in total. The lowest BCUT2D eigenvalue weighted by atomic mass is 10.0. The summed E-state index contributed by atoms with van der Waals surface area (Å²) in [6.45, 7) is 3.98. The molecule has 0 atom stereocenters. The number of carboxylic acids is 1. The van der Waals surface area contributed by atoms with E-state index in [-0.39, 0.29) is 11.5 Å². The maximum atomic E-state index is 11.7. The van der Waals surface area contributed by atoms with Crippen molar-refractivity contribution in [1.29, 1.82) is 0 Å². The smallest absolute Gasteiger partial charge is 0.339 e. The van der Waals surface area contributed by atoms with E-state index >= 15 is 0 Å². The van der Waals surface area contributed by atoms with Gasteiger partial charge in [0.15, 0.2) is 0 Å². The highest BCUT2D eigenvalue weighted by molar-refractivity contribution is 7.15. The van der Waals surface area contributed by atoms with Crippen molar-refractivity contribution < 1.29 is 14.7 Å². The van der Waals surface area contributed by atoms with Gasteiger partial charge < -0.3 is 10.4 Å². The molecule has 4 nitrogen and oxygen atoms in total. The molecule has 116 valence electrons. The van der Waals surface area contributed by atoms with Crippen LogP contribution in [0.25, 0.3) is 11.1 Å². The zero-order chi connectivity index (χ0) is 16.1. The molecule has 1 aromatic carbocycles. The zero-order valence-corrected chi connectivity index (χ0v) is 13.5. The summed E-state index contributed by atoms with van der Waals surface area (Å²) in [5.74, 6) is -1.18. The van der Waals surface area contributed by atoms with Crippen LogP contribution >= 0.6 is 11.3 Å². The number of anilines is 1. The molecule has 1 amide bonds. The highest BCUT2D eigenvalue weighted by Gasteiger charge is 2.20. The van der Waals surface area contributed by atoms with Gasteiger partial charge in [0.1, 0.15) is 10.6 Å². The molecule has 1 heterocycles. The molecule has 1 aromatic heterocycles. The Hall–Kier alpha value is -2.14. The van der Waals surface area contributed by atoms with E-state index in [2.05, 4.69) is 12.2 Å². The fourth-order valence-corrected chi connectivity index (χ4v) is 3.19. The third-order valence-electron chi connectivity index (χ3n) is 3.41. The number of thiophene rings is 1. The normalized spacial score (nSPS) is 10.5. The molecular formula is C17H19NO3S. The van der Waals surface area contributed by atoms with Crippen molar-refractivity contribution in [3.8, 4) is 11.1 Å². The topological polar surface area (TPSA) is 66.4 Å². The number of aromatic carboxylic acids is 1. The molecule has 2 aromatic rings. The lowest BCUT2D eigenvalue weighted by molar-refractivity contribution is -0.116. The second kappa shape index (κ2) is 7.22. The Balaban J connectivity index is 2.37.